The van der Waals surface area contributed by atoms with Crippen LogP contribution in [0.5, 0.6) is 0 Å². The number of hydrogen-bond donors (Lipinski definition) is 0. The Balaban J connectivity index is 1.72. The van der Waals surface area contributed by atoms with Crippen molar-refractivity contribution in [2.75, 3.05) is 13.1 Å². The highest BCUT2D eigenvalue weighted by Crippen LogP contribution is 2.34. The van der Waals surface area contributed by atoms with Gasteiger partial charge in [-0.1, -0.05) is 36.8 Å². The number of hydrogen-bond acceptors (Lipinski definition) is 3. The van der Waals surface area contributed by atoms with Crippen LogP contribution in [0.15, 0.2) is 30.3 Å². The molecule has 0 unspecified atom stereocenters. The van der Waals surface area contributed by atoms with Gasteiger partial charge >= 0.3 is 6.09 Å². The number of ketones is 1. The molecule has 1 saturated carbocycles. The summed E-state index contributed by atoms with van der Waals surface area (Å²) in [4.78, 5) is 27.1. The highest BCUT2D eigenvalue weighted by Gasteiger charge is 2.43. The molecule has 124 valence electrons. The number of carbonyl (C=O) groups excluding carboxylic acids is 2. The van der Waals surface area contributed by atoms with E-state index in [-0.39, 0.29) is 11.9 Å². The fourth-order valence-corrected chi connectivity index (χ4v) is 3.63. The second kappa shape index (κ2) is 7.16. The molecule has 2 aliphatic rings. The number of carbonyl (C=O) groups is 2. The van der Waals surface area contributed by atoms with Crippen molar-refractivity contribution in [3.05, 3.63) is 35.9 Å². The molecule has 23 heavy (non-hydrogen) atoms. The lowest BCUT2D eigenvalue weighted by Gasteiger charge is -2.36. The van der Waals surface area contributed by atoms with Gasteiger partial charge in [-0.05, 0) is 44.1 Å². The van der Waals surface area contributed by atoms with Gasteiger partial charge in [0.05, 0.1) is 0 Å². The number of nitrogens with zero attached hydrogens (tertiary/aromatic N) is 1. The molecule has 4 heteroatoms. The molecule has 1 aliphatic heterocycles. The largest absolute Gasteiger partial charge is 0.435 e. The van der Waals surface area contributed by atoms with Crippen molar-refractivity contribution in [3.63, 3.8) is 0 Å². The average Bonchev–Trinajstić information content (AvgIpc) is 3.11. The Morgan fingerprint density at radius 1 is 0.957 bits per heavy atom. The maximum atomic E-state index is 12.9. The topological polar surface area (TPSA) is 46.6 Å². The SMILES string of the molecule is O=C(OC1(C(=O)Cc2ccccc2)CCCCC1)N1CCCC1. The smallest absolute Gasteiger partial charge is 0.410 e. The number of benzene rings is 1. The lowest BCUT2D eigenvalue weighted by molar-refractivity contribution is -0.141. The summed E-state index contributed by atoms with van der Waals surface area (Å²) in [6.45, 7) is 1.50. The Morgan fingerprint density at radius 2 is 1.61 bits per heavy atom. The molecular formula is C19H25NO3. The van der Waals surface area contributed by atoms with Crippen molar-refractivity contribution < 1.29 is 14.3 Å². The van der Waals surface area contributed by atoms with Gasteiger partial charge < -0.3 is 9.64 Å². The summed E-state index contributed by atoms with van der Waals surface area (Å²) in [6, 6.07) is 9.73. The monoisotopic (exact) mass is 315 g/mol. The van der Waals surface area contributed by atoms with Crippen LogP contribution in [0.2, 0.25) is 0 Å². The molecule has 1 aliphatic carbocycles. The summed E-state index contributed by atoms with van der Waals surface area (Å²) in [6.07, 6.45) is 6.44. The third-order valence-corrected chi connectivity index (χ3v) is 5.02. The molecule has 0 spiro atoms. The molecular weight excluding hydrogens is 290 g/mol. The molecule has 3 rings (SSSR count). The number of ether oxygens (including phenoxy) is 1. The Morgan fingerprint density at radius 3 is 2.26 bits per heavy atom. The maximum absolute atomic E-state index is 12.9. The minimum atomic E-state index is -0.909. The third-order valence-electron chi connectivity index (χ3n) is 5.02. The molecule has 1 saturated heterocycles. The van der Waals surface area contributed by atoms with Crippen molar-refractivity contribution in [3.8, 4) is 0 Å². The summed E-state index contributed by atoms with van der Waals surface area (Å²) < 4.78 is 5.83. The molecule has 1 amide bonds. The van der Waals surface area contributed by atoms with Gasteiger partial charge in [-0.2, -0.15) is 0 Å². The predicted molar refractivity (Wildman–Crippen MR) is 88.3 cm³/mol. The zero-order chi connectivity index (χ0) is 16.1. The second-order valence-electron chi connectivity index (χ2n) is 6.70. The van der Waals surface area contributed by atoms with Crippen LogP contribution < -0.4 is 0 Å². The number of rotatable bonds is 4. The van der Waals surface area contributed by atoms with Gasteiger partial charge in [0.2, 0.25) is 0 Å². The Bertz CT molecular complexity index is 543. The van der Waals surface area contributed by atoms with Crippen molar-refractivity contribution >= 4 is 11.9 Å². The molecule has 0 atom stereocenters. The van der Waals surface area contributed by atoms with Gasteiger partial charge in [0, 0.05) is 19.5 Å². The summed E-state index contributed by atoms with van der Waals surface area (Å²) in [7, 11) is 0. The molecule has 0 aromatic heterocycles. The molecule has 0 bridgehead atoms. The summed E-state index contributed by atoms with van der Waals surface area (Å²) in [5.41, 5.74) is 0.0768. The van der Waals surface area contributed by atoms with Gasteiger partial charge in [-0.15, -0.1) is 0 Å². The predicted octanol–water partition coefficient (Wildman–Crippen LogP) is 3.73. The maximum Gasteiger partial charge on any atom is 0.410 e. The Labute approximate surface area is 137 Å². The summed E-state index contributed by atoms with van der Waals surface area (Å²) >= 11 is 0. The highest BCUT2D eigenvalue weighted by atomic mass is 16.6. The van der Waals surface area contributed by atoms with E-state index in [4.69, 9.17) is 4.74 Å². The second-order valence-corrected chi connectivity index (χ2v) is 6.70. The van der Waals surface area contributed by atoms with Crippen LogP contribution in [0, 0.1) is 0 Å². The van der Waals surface area contributed by atoms with Crippen LogP contribution in [-0.4, -0.2) is 35.5 Å². The molecule has 0 radical (unpaired) electrons. The van der Waals surface area contributed by atoms with E-state index >= 15 is 0 Å². The van der Waals surface area contributed by atoms with Crippen LogP contribution in [0.3, 0.4) is 0 Å². The average molecular weight is 315 g/mol. The molecule has 2 fully saturated rings. The minimum Gasteiger partial charge on any atom is -0.435 e. The first-order valence-corrected chi connectivity index (χ1v) is 8.75. The van der Waals surface area contributed by atoms with E-state index in [1.54, 1.807) is 4.90 Å². The van der Waals surface area contributed by atoms with Gasteiger partial charge in [0.1, 0.15) is 0 Å². The lowest BCUT2D eigenvalue weighted by atomic mass is 9.79. The van der Waals surface area contributed by atoms with Crippen LogP contribution in [0.1, 0.15) is 50.5 Å². The van der Waals surface area contributed by atoms with Crippen LogP contribution in [-0.2, 0) is 16.0 Å². The van der Waals surface area contributed by atoms with Crippen molar-refractivity contribution in [2.45, 2.75) is 57.0 Å². The molecule has 1 heterocycles. The summed E-state index contributed by atoms with van der Waals surface area (Å²) in [5.74, 6) is 0.0518. The van der Waals surface area contributed by atoms with E-state index in [0.717, 1.165) is 50.8 Å². The number of likely N-dealkylation sites (tertiary alicyclic amines) is 1. The third kappa shape index (κ3) is 3.74. The van der Waals surface area contributed by atoms with E-state index < -0.39 is 5.60 Å². The van der Waals surface area contributed by atoms with E-state index in [2.05, 4.69) is 0 Å². The van der Waals surface area contributed by atoms with Gasteiger partial charge in [0.15, 0.2) is 11.4 Å². The van der Waals surface area contributed by atoms with Gasteiger partial charge in [0.25, 0.3) is 0 Å². The van der Waals surface area contributed by atoms with E-state index in [0.29, 0.717) is 19.3 Å². The zero-order valence-electron chi connectivity index (χ0n) is 13.6. The Hall–Kier alpha value is -1.84. The molecule has 1 aromatic rings. The molecule has 0 N–H and O–H groups in total. The first-order valence-electron chi connectivity index (χ1n) is 8.75. The lowest BCUT2D eigenvalue weighted by Crippen LogP contribution is -2.48. The Kier molecular flexibility index (Phi) is 4.99. The van der Waals surface area contributed by atoms with Crippen LogP contribution >= 0.6 is 0 Å². The molecule has 4 nitrogen and oxygen atoms in total. The first kappa shape index (κ1) is 16.0. The number of amides is 1. The normalized spacial score (nSPS) is 20.3. The van der Waals surface area contributed by atoms with E-state index in [1.165, 1.54) is 0 Å². The quantitative estimate of drug-likeness (QED) is 0.850. The van der Waals surface area contributed by atoms with Crippen molar-refractivity contribution in [2.24, 2.45) is 0 Å². The first-order chi connectivity index (χ1) is 11.2. The van der Waals surface area contributed by atoms with Gasteiger partial charge in [-0.25, -0.2) is 4.79 Å². The fourth-order valence-electron chi connectivity index (χ4n) is 3.63. The van der Waals surface area contributed by atoms with E-state index in [1.807, 2.05) is 30.3 Å². The van der Waals surface area contributed by atoms with Crippen LogP contribution in [0.4, 0.5) is 4.79 Å². The minimum absolute atomic E-state index is 0.0518. The van der Waals surface area contributed by atoms with Crippen molar-refractivity contribution in [1.29, 1.82) is 0 Å². The summed E-state index contributed by atoms with van der Waals surface area (Å²) in [5, 5.41) is 0. The number of Topliss-reactive ketones (excluding diaryl/α,β-unsaturated/α-hetero) is 1. The zero-order valence-corrected chi connectivity index (χ0v) is 13.6. The van der Waals surface area contributed by atoms with Crippen molar-refractivity contribution in [1.82, 2.24) is 4.90 Å². The van der Waals surface area contributed by atoms with E-state index in [9.17, 15) is 9.59 Å². The molecule has 1 aromatic carbocycles. The van der Waals surface area contributed by atoms with Crippen LogP contribution in [0.25, 0.3) is 0 Å². The standard InChI is InChI=1S/C19H25NO3/c21-17(15-16-9-3-1-4-10-16)19(11-5-2-6-12-19)23-18(22)20-13-7-8-14-20/h1,3-4,9-10H,2,5-8,11-15H2. The fraction of sp³-hybridized carbons (Fsp3) is 0.579. The highest BCUT2D eigenvalue weighted by molar-refractivity contribution is 5.91. The van der Waals surface area contributed by atoms with Gasteiger partial charge in [-0.3, -0.25) is 4.79 Å².